The van der Waals surface area contributed by atoms with E-state index in [0.29, 0.717) is 23.7 Å². The van der Waals surface area contributed by atoms with Crippen LogP contribution in [0, 0.1) is 0 Å². The van der Waals surface area contributed by atoms with Crippen molar-refractivity contribution in [1.82, 2.24) is 9.78 Å². The van der Waals surface area contributed by atoms with Gasteiger partial charge in [0.15, 0.2) is 0 Å². The van der Waals surface area contributed by atoms with Crippen molar-refractivity contribution in [3.8, 4) is 11.3 Å². The van der Waals surface area contributed by atoms with Gasteiger partial charge in [-0.2, -0.15) is 15.7 Å². The largest absolute Gasteiger partial charge is 0.384 e. The minimum atomic E-state index is -2.43. The van der Waals surface area contributed by atoms with Gasteiger partial charge in [0.1, 0.15) is 5.82 Å². The molecule has 1 aliphatic rings. The number of anilines is 1. The van der Waals surface area contributed by atoms with Gasteiger partial charge in [-0.25, -0.2) is 4.68 Å². The molecule has 0 radical (unpaired) electrons. The molecule has 5 nitrogen and oxygen atoms in total. The molecule has 0 amide bonds. The van der Waals surface area contributed by atoms with Crippen molar-refractivity contribution < 1.29 is 9.11 Å². The van der Waals surface area contributed by atoms with Crippen LogP contribution in [-0.2, 0) is 0 Å². The van der Waals surface area contributed by atoms with Crippen LogP contribution >= 0.6 is 10.6 Å². The van der Waals surface area contributed by atoms with Gasteiger partial charge in [-0.05, 0) is 6.42 Å². The highest BCUT2D eigenvalue weighted by Gasteiger charge is 2.31. The van der Waals surface area contributed by atoms with Crippen molar-refractivity contribution in [2.24, 2.45) is 0 Å². The molecule has 19 heavy (non-hydrogen) atoms. The van der Waals surface area contributed by atoms with Crippen LogP contribution in [0.1, 0.15) is 12.5 Å². The van der Waals surface area contributed by atoms with Gasteiger partial charge in [0.2, 0.25) is 0 Å². The second kappa shape index (κ2) is 4.56. The molecule has 2 heterocycles. The lowest BCUT2D eigenvalue weighted by atomic mass is 10.2. The third-order valence-electron chi connectivity index (χ3n) is 3.42. The monoisotopic (exact) mass is 279 g/mol. The predicted octanol–water partition coefficient (Wildman–Crippen LogP) is 2.83. The summed E-state index contributed by atoms with van der Waals surface area (Å²) < 4.78 is 21.1. The summed E-state index contributed by atoms with van der Waals surface area (Å²) in [5.74, 6) is 1.37. The average Bonchev–Trinajstić information content (AvgIpc) is 2.93. The van der Waals surface area contributed by atoms with Crippen molar-refractivity contribution in [2.75, 3.05) is 17.2 Å². The molecule has 3 rings (SSSR count). The molecule has 1 unspecified atom stereocenters. The van der Waals surface area contributed by atoms with E-state index in [0.717, 1.165) is 11.3 Å². The second-order valence-corrected chi connectivity index (χ2v) is 7.23. The van der Waals surface area contributed by atoms with Crippen molar-refractivity contribution >= 4 is 16.4 Å². The Labute approximate surface area is 113 Å². The minimum absolute atomic E-state index is 0.0116. The van der Waals surface area contributed by atoms with Crippen LogP contribution in [0.4, 0.5) is 5.82 Å². The zero-order valence-electron chi connectivity index (χ0n) is 10.4. The SMILES string of the molecule is Nc1cc(-c2ccccc2)nn1C1CCS(O)(O)C1. The van der Waals surface area contributed by atoms with Crippen molar-refractivity contribution in [1.29, 1.82) is 0 Å². The number of nitrogen functional groups attached to an aromatic ring is 1. The fourth-order valence-corrected chi connectivity index (χ4v) is 4.18. The van der Waals surface area contributed by atoms with E-state index in [4.69, 9.17) is 5.73 Å². The lowest BCUT2D eigenvalue weighted by Gasteiger charge is -2.26. The molecule has 0 saturated carbocycles. The van der Waals surface area contributed by atoms with E-state index in [1.54, 1.807) is 4.68 Å². The van der Waals surface area contributed by atoms with E-state index in [2.05, 4.69) is 5.10 Å². The van der Waals surface area contributed by atoms with E-state index in [1.165, 1.54) is 0 Å². The first kappa shape index (κ1) is 12.5. The summed E-state index contributed by atoms with van der Waals surface area (Å²) in [5.41, 5.74) is 7.83. The van der Waals surface area contributed by atoms with E-state index < -0.39 is 10.6 Å². The summed E-state index contributed by atoms with van der Waals surface area (Å²) in [4.78, 5) is 0. The van der Waals surface area contributed by atoms with Gasteiger partial charge in [0.05, 0.1) is 17.5 Å². The number of rotatable bonds is 2. The fraction of sp³-hybridized carbons (Fsp3) is 0.308. The Hall–Kier alpha value is -1.50. The van der Waals surface area contributed by atoms with E-state index in [-0.39, 0.29) is 6.04 Å². The Morgan fingerprint density at radius 3 is 2.63 bits per heavy atom. The number of hydrogen-bond acceptors (Lipinski definition) is 4. The Bertz CT molecular complexity index is 583. The van der Waals surface area contributed by atoms with Gasteiger partial charge < -0.3 is 5.73 Å². The molecule has 1 fully saturated rings. The van der Waals surface area contributed by atoms with Gasteiger partial charge in [0, 0.05) is 17.4 Å². The standard InChI is InChI=1S/C13H17N3O2S/c14-13-8-12(10-4-2-1-3-5-10)15-16(13)11-6-7-19(17,18)9-11/h1-5,8,11,17-18H,6-7,9,14H2. The molecule has 1 saturated heterocycles. The first-order valence-corrected chi connectivity index (χ1v) is 8.08. The van der Waals surface area contributed by atoms with Crippen LogP contribution in [-0.4, -0.2) is 30.4 Å². The highest BCUT2D eigenvalue weighted by molar-refractivity contribution is 8.24. The van der Waals surface area contributed by atoms with E-state index in [9.17, 15) is 9.11 Å². The van der Waals surface area contributed by atoms with Gasteiger partial charge in [-0.1, -0.05) is 30.3 Å². The average molecular weight is 279 g/mol. The summed E-state index contributed by atoms with van der Waals surface area (Å²) in [5, 5.41) is 4.51. The number of aromatic nitrogens is 2. The van der Waals surface area contributed by atoms with Crippen LogP contribution in [0.5, 0.6) is 0 Å². The van der Waals surface area contributed by atoms with Gasteiger partial charge in [-0.3, -0.25) is 9.11 Å². The molecule has 1 aromatic heterocycles. The summed E-state index contributed by atoms with van der Waals surface area (Å²) in [6, 6.07) is 11.6. The maximum Gasteiger partial charge on any atom is 0.122 e. The highest BCUT2D eigenvalue weighted by Crippen LogP contribution is 2.50. The Morgan fingerprint density at radius 2 is 2.00 bits per heavy atom. The zero-order chi connectivity index (χ0) is 13.5. The Kier molecular flexibility index (Phi) is 3.00. The van der Waals surface area contributed by atoms with Gasteiger partial charge in [0.25, 0.3) is 0 Å². The molecule has 1 aromatic carbocycles. The molecular formula is C13H17N3O2S. The van der Waals surface area contributed by atoms with Crippen LogP contribution in [0.3, 0.4) is 0 Å². The molecular weight excluding hydrogens is 262 g/mol. The van der Waals surface area contributed by atoms with Crippen molar-refractivity contribution in [3.05, 3.63) is 36.4 Å². The topological polar surface area (TPSA) is 84.3 Å². The quantitative estimate of drug-likeness (QED) is 0.789. The maximum atomic E-state index is 9.70. The first-order chi connectivity index (χ1) is 9.05. The molecule has 4 N–H and O–H groups in total. The van der Waals surface area contributed by atoms with Crippen LogP contribution in [0.25, 0.3) is 11.3 Å². The fourth-order valence-electron chi connectivity index (χ4n) is 2.44. The maximum absolute atomic E-state index is 9.70. The third-order valence-corrected chi connectivity index (χ3v) is 5.23. The molecule has 1 atom stereocenters. The number of benzene rings is 1. The molecule has 0 spiro atoms. The number of hydrogen-bond donors (Lipinski definition) is 3. The van der Waals surface area contributed by atoms with Crippen LogP contribution in [0.2, 0.25) is 0 Å². The smallest absolute Gasteiger partial charge is 0.122 e. The van der Waals surface area contributed by atoms with E-state index in [1.807, 2.05) is 36.4 Å². The number of nitrogens with two attached hydrogens (primary N) is 1. The van der Waals surface area contributed by atoms with Crippen LogP contribution < -0.4 is 5.73 Å². The van der Waals surface area contributed by atoms with Gasteiger partial charge >= 0.3 is 0 Å². The van der Waals surface area contributed by atoms with Crippen LogP contribution in [0.15, 0.2) is 36.4 Å². The third kappa shape index (κ3) is 2.47. The first-order valence-electron chi connectivity index (χ1n) is 6.19. The predicted molar refractivity (Wildman–Crippen MR) is 78.3 cm³/mol. The second-order valence-electron chi connectivity index (χ2n) is 4.88. The van der Waals surface area contributed by atoms with Crippen molar-refractivity contribution in [2.45, 2.75) is 12.5 Å². The Morgan fingerprint density at radius 1 is 1.26 bits per heavy atom. The van der Waals surface area contributed by atoms with E-state index >= 15 is 0 Å². The summed E-state index contributed by atoms with van der Waals surface area (Å²) >= 11 is 0. The summed E-state index contributed by atoms with van der Waals surface area (Å²) in [6.07, 6.45) is 0.711. The highest BCUT2D eigenvalue weighted by atomic mass is 32.3. The van der Waals surface area contributed by atoms with Gasteiger partial charge in [-0.15, -0.1) is 0 Å². The molecule has 102 valence electrons. The molecule has 6 heteroatoms. The molecule has 0 bridgehead atoms. The minimum Gasteiger partial charge on any atom is -0.384 e. The lowest BCUT2D eigenvalue weighted by Crippen LogP contribution is -2.13. The molecule has 1 aliphatic heterocycles. The summed E-state index contributed by atoms with van der Waals surface area (Å²) in [6.45, 7) is 0. The zero-order valence-corrected chi connectivity index (χ0v) is 11.3. The molecule has 0 aliphatic carbocycles. The molecule has 2 aromatic rings. The number of nitrogens with zero attached hydrogens (tertiary/aromatic N) is 2. The normalized spacial score (nSPS) is 23.4. The summed E-state index contributed by atoms with van der Waals surface area (Å²) in [7, 11) is -2.43. The Balaban J connectivity index is 1.91. The van der Waals surface area contributed by atoms with Crippen molar-refractivity contribution in [3.63, 3.8) is 0 Å². The lowest BCUT2D eigenvalue weighted by molar-refractivity contribution is 0.482.